The van der Waals surface area contributed by atoms with E-state index in [9.17, 15) is 9.59 Å². The first kappa shape index (κ1) is 19.2. The Bertz CT molecular complexity index is 1040. The molecule has 3 aromatic rings. The summed E-state index contributed by atoms with van der Waals surface area (Å²) in [5.41, 5.74) is 2.09. The number of para-hydroxylation sites is 2. The van der Waals surface area contributed by atoms with Crippen molar-refractivity contribution in [1.82, 2.24) is 5.32 Å². The molecule has 148 valence electrons. The van der Waals surface area contributed by atoms with Crippen molar-refractivity contribution in [3.05, 3.63) is 76.2 Å². The van der Waals surface area contributed by atoms with Gasteiger partial charge in [0.1, 0.15) is 16.5 Å². The summed E-state index contributed by atoms with van der Waals surface area (Å²) in [6, 6.07) is 16.5. The number of carbonyl (C=O) groups excluding carboxylic acids is 2. The predicted octanol–water partition coefficient (Wildman–Crippen LogP) is 5.03. The summed E-state index contributed by atoms with van der Waals surface area (Å²) in [6.07, 6.45) is 4.00. The van der Waals surface area contributed by atoms with E-state index in [0.29, 0.717) is 27.6 Å². The summed E-state index contributed by atoms with van der Waals surface area (Å²) in [6.45, 7) is 0. The van der Waals surface area contributed by atoms with Gasteiger partial charge in [-0.25, -0.2) is 0 Å². The Morgan fingerprint density at radius 1 is 0.931 bits per heavy atom. The van der Waals surface area contributed by atoms with Crippen molar-refractivity contribution in [1.29, 1.82) is 0 Å². The Morgan fingerprint density at radius 3 is 2.45 bits per heavy atom. The van der Waals surface area contributed by atoms with E-state index >= 15 is 0 Å². The fraction of sp³-hybridized carbons (Fsp3) is 0.217. The summed E-state index contributed by atoms with van der Waals surface area (Å²) in [7, 11) is 1.61. The molecule has 4 rings (SSSR count). The minimum atomic E-state index is -0.291. The quantitative estimate of drug-likeness (QED) is 0.624. The van der Waals surface area contributed by atoms with Gasteiger partial charge in [0.25, 0.3) is 11.8 Å². The van der Waals surface area contributed by atoms with Gasteiger partial charge in [0.2, 0.25) is 0 Å². The van der Waals surface area contributed by atoms with Crippen molar-refractivity contribution >= 4 is 28.2 Å². The van der Waals surface area contributed by atoms with Crippen LogP contribution in [0, 0.1) is 0 Å². The van der Waals surface area contributed by atoms with Crippen molar-refractivity contribution in [2.75, 3.05) is 12.4 Å². The van der Waals surface area contributed by atoms with Crippen LogP contribution in [0.3, 0.4) is 0 Å². The van der Waals surface area contributed by atoms with Crippen molar-refractivity contribution < 1.29 is 14.3 Å². The molecule has 0 radical (unpaired) electrons. The zero-order valence-electron chi connectivity index (χ0n) is 16.2. The molecule has 0 fully saturated rings. The molecular formula is C23H22N2O3S. The van der Waals surface area contributed by atoms with Gasteiger partial charge in [-0.05, 0) is 55.5 Å². The summed E-state index contributed by atoms with van der Waals surface area (Å²) < 4.78 is 5.91. The Labute approximate surface area is 173 Å². The van der Waals surface area contributed by atoms with Gasteiger partial charge in [0, 0.05) is 11.9 Å². The number of carbonyl (C=O) groups is 2. The normalized spacial score (nSPS) is 12.7. The first-order valence-corrected chi connectivity index (χ1v) is 10.5. The molecule has 29 heavy (non-hydrogen) atoms. The molecule has 0 saturated carbocycles. The van der Waals surface area contributed by atoms with Gasteiger partial charge < -0.3 is 15.4 Å². The number of fused-ring (bicyclic) bond motifs is 1. The van der Waals surface area contributed by atoms with Crippen LogP contribution in [-0.2, 0) is 12.8 Å². The molecule has 0 unspecified atom stereocenters. The Hall–Kier alpha value is -3.12. The molecule has 1 aliphatic carbocycles. The number of benzene rings is 2. The van der Waals surface area contributed by atoms with Crippen LogP contribution in [-0.4, -0.2) is 18.9 Å². The van der Waals surface area contributed by atoms with Crippen molar-refractivity contribution in [2.24, 2.45) is 0 Å². The molecule has 2 aromatic carbocycles. The average Bonchev–Trinajstić information content (AvgIpc) is 3.12. The van der Waals surface area contributed by atoms with Crippen LogP contribution < -0.4 is 15.4 Å². The Balaban J connectivity index is 1.64. The van der Waals surface area contributed by atoms with Gasteiger partial charge in [-0.1, -0.05) is 30.3 Å². The molecule has 1 aromatic heterocycles. The average molecular weight is 407 g/mol. The molecule has 6 heteroatoms. The SMILES string of the molecule is CNC(=O)c1c(NC(=O)c2ccccc2Oc2ccccc2)sc2c1CCCC2. The number of rotatable bonds is 5. The van der Waals surface area contributed by atoms with Gasteiger partial charge in [-0.2, -0.15) is 0 Å². The highest BCUT2D eigenvalue weighted by Gasteiger charge is 2.26. The lowest BCUT2D eigenvalue weighted by Gasteiger charge is -2.13. The van der Waals surface area contributed by atoms with Gasteiger partial charge in [0.05, 0.1) is 11.1 Å². The summed E-state index contributed by atoms with van der Waals surface area (Å²) in [5.74, 6) is 0.679. The van der Waals surface area contributed by atoms with Crippen LogP contribution in [0.4, 0.5) is 5.00 Å². The topological polar surface area (TPSA) is 67.4 Å². The molecule has 0 bridgehead atoms. The van der Waals surface area contributed by atoms with E-state index in [0.717, 1.165) is 31.2 Å². The van der Waals surface area contributed by atoms with E-state index in [1.165, 1.54) is 16.2 Å². The molecular weight excluding hydrogens is 384 g/mol. The summed E-state index contributed by atoms with van der Waals surface area (Å²) in [5, 5.41) is 6.28. The van der Waals surface area contributed by atoms with E-state index in [-0.39, 0.29) is 11.8 Å². The number of hydrogen-bond donors (Lipinski definition) is 2. The van der Waals surface area contributed by atoms with E-state index in [1.54, 1.807) is 25.2 Å². The van der Waals surface area contributed by atoms with E-state index < -0.39 is 0 Å². The minimum Gasteiger partial charge on any atom is -0.457 e. The van der Waals surface area contributed by atoms with Crippen LogP contribution in [0.1, 0.15) is 44.0 Å². The molecule has 2 N–H and O–H groups in total. The summed E-state index contributed by atoms with van der Waals surface area (Å²) in [4.78, 5) is 26.8. The van der Waals surface area contributed by atoms with Gasteiger partial charge >= 0.3 is 0 Å². The first-order chi connectivity index (χ1) is 14.2. The number of thiophene rings is 1. The van der Waals surface area contributed by atoms with Gasteiger partial charge in [0.15, 0.2) is 0 Å². The van der Waals surface area contributed by atoms with Crippen molar-refractivity contribution in [2.45, 2.75) is 25.7 Å². The Kier molecular flexibility index (Phi) is 5.62. The fourth-order valence-electron chi connectivity index (χ4n) is 3.55. The highest BCUT2D eigenvalue weighted by molar-refractivity contribution is 7.17. The smallest absolute Gasteiger partial charge is 0.260 e. The fourth-order valence-corrected chi connectivity index (χ4v) is 4.83. The maximum absolute atomic E-state index is 13.1. The molecule has 2 amide bonds. The summed E-state index contributed by atoms with van der Waals surface area (Å²) >= 11 is 1.50. The molecule has 1 heterocycles. The molecule has 0 saturated heterocycles. The first-order valence-electron chi connectivity index (χ1n) is 9.67. The lowest BCUT2D eigenvalue weighted by atomic mass is 9.95. The highest BCUT2D eigenvalue weighted by Crippen LogP contribution is 2.38. The second-order valence-electron chi connectivity index (χ2n) is 6.86. The lowest BCUT2D eigenvalue weighted by molar-refractivity contribution is 0.0963. The number of hydrogen-bond acceptors (Lipinski definition) is 4. The van der Waals surface area contributed by atoms with Crippen LogP contribution in [0.25, 0.3) is 0 Å². The van der Waals surface area contributed by atoms with E-state index in [1.807, 2.05) is 36.4 Å². The van der Waals surface area contributed by atoms with Gasteiger partial charge in [-0.15, -0.1) is 11.3 Å². The van der Waals surface area contributed by atoms with Crippen LogP contribution in [0.2, 0.25) is 0 Å². The third-order valence-electron chi connectivity index (χ3n) is 4.96. The molecule has 0 spiro atoms. The second kappa shape index (κ2) is 8.49. The number of nitrogens with one attached hydrogen (secondary N) is 2. The zero-order chi connectivity index (χ0) is 20.2. The van der Waals surface area contributed by atoms with Crippen molar-refractivity contribution in [3.8, 4) is 11.5 Å². The Morgan fingerprint density at radius 2 is 1.66 bits per heavy atom. The minimum absolute atomic E-state index is 0.159. The van der Waals surface area contributed by atoms with E-state index in [4.69, 9.17) is 4.74 Å². The molecule has 5 nitrogen and oxygen atoms in total. The maximum Gasteiger partial charge on any atom is 0.260 e. The van der Waals surface area contributed by atoms with Crippen LogP contribution in [0.15, 0.2) is 54.6 Å². The zero-order valence-corrected chi connectivity index (χ0v) is 17.0. The number of aryl methyl sites for hydroxylation is 1. The maximum atomic E-state index is 13.1. The van der Waals surface area contributed by atoms with Gasteiger partial charge in [-0.3, -0.25) is 9.59 Å². The predicted molar refractivity (Wildman–Crippen MR) is 115 cm³/mol. The van der Waals surface area contributed by atoms with Crippen LogP contribution >= 0.6 is 11.3 Å². The standard InChI is InChI=1S/C23H22N2O3S/c1-24-22(27)20-17-12-6-8-14-19(17)29-23(20)25-21(26)16-11-5-7-13-18(16)28-15-9-3-2-4-10-15/h2-5,7,9-11,13H,6,8,12,14H2,1H3,(H,24,27)(H,25,26). The van der Waals surface area contributed by atoms with Crippen molar-refractivity contribution in [3.63, 3.8) is 0 Å². The molecule has 0 aliphatic heterocycles. The lowest BCUT2D eigenvalue weighted by Crippen LogP contribution is -2.22. The second-order valence-corrected chi connectivity index (χ2v) is 7.96. The van der Waals surface area contributed by atoms with Crippen LogP contribution in [0.5, 0.6) is 11.5 Å². The molecule has 1 aliphatic rings. The third-order valence-corrected chi connectivity index (χ3v) is 6.16. The largest absolute Gasteiger partial charge is 0.457 e. The highest BCUT2D eigenvalue weighted by atomic mass is 32.1. The molecule has 0 atom stereocenters. The number of amides is 2. The number of anilines is 1. The third kappa shape index (κ3) is 4.03. The monoisotopic (exact) mass is 406 g/mol. The van der Waals surface area contributed by atoms with E-state index in [2.05, 4.69) is 10.6 Å². The number of ether oxygens (including phenoxy) is 1.